The van der Waals surface area contributed by atoms with Crippen LogP contribution >= 0.6 is 0 Å². The Kier molecular flexibility index (Phi) is 3.46. The van der Waals surface area contributed by atoms with Gasteiger partial charge in [-0.05, 0) is 13.1 Å². The van der Waals surface area contributed by atoms with Gasteiger partial charge in [-0.25, -0.2) is 0 Å². The van der Waals surface area contributed by atoms with E-state index in [2.05, 4.69) is 23.6 Å². The average Bonchev–Trinajstić information content (AvgIpc) is 2.46. The predicted molar refractivity (Wildman–Crippen MR) is 50.4 cm³/mol. The summed E-state index contributed by atoms with van der Waals surface area (Å²) in [5.41, 5.74) is 11.4. The van der Waals surface area contributed by atoms with Crippen molar-refractivity contribution in [1.82, 2.24) is 9.80 Å². The minimum absolute atomic E-state index is 0.243. The molecule has 0 aromatic rings. The van der Waals surface area contributed by atoms with Crippen molar-refractivity contribution in [3.8, 4) is 0 Å². The molecule has 0 amide bonds. The van der Waals surface area contributed by atoms with E-state index in [-0.39, 0.29) is 12.3 Å². The third kappa shape index (κ3) is 1.77. The summed E-state index contributed by atoms with van der Waals surface area (Å²) in [6.45, 7) is 8.56. The van der Waals surface area contributed by atoms with Gasteiger partial charge in [-0.2, -0.15) is 0 Å². The van der Waals surface area contributed by atoms with Gasteiger partial charge in [0.05, 0.1) is 12.3 Å². The number of hydrogen-bond acceptors (Lipinski definition) is 4. The fraction of sp³-hybridized carbons (Fsp3) is 1.00. The Labute approximate surface area is 74.5 Å². The topological polar surface area (TPSA) is 58.5 Å². The highest BCUT2D eigenvalue weighted by Gasteiger charge is 2.32. The lowest BCUT2D eigenvalue weighted by Crippen LogP contribution is -2.55. The molecule has 1 fully saturated rings. The molecule has 12 heavy (non-hydrogen) atoms. The summed E-state index contributed by atoms with van der Waals surface area (Å²) in [5.74, 6) is 0. The standard InChI is InChI=1S/C8H20N4/c1-3-11-5-6-12(4-2)8(11)7(9)10/h7-8H,3-6,9-10H2,1-2H3. The number of nitrogens with zero attached hydrogens (tertiary/aromatic N) is 2. The molecule has 0 aromatic heterocycles. The Balaban J connectivity index is 2.59. The van der Waals surface area contributed by atoms with Gasteiger partial charge in [0.15, 0.2) is 0 Å². The summed E-state index contributed by atoms with van der Waals surface area (Å²) in [7, 11) is 0. The summed E-state index contributed by atoms with van der Waals surface area (Å²) < 4.78 is 0. The molecule has 1 aliphatic rings. The third-order valence-corrected chi connectivity index (χ3v) is 2.58. The van der Waals surface area contributed by atoms with Gasteiger partial charge in [-0.15, -0.1) is 0 Å². The Morgan fingerprint density at radius 3 is 1.83 bits per heavy atom. The van der Waals surface area contributed by atoms with Gasteiger partial charge in [-0.3, -0.25) is 9.80 Å². The van der Waals surface area contributed by atoms with Crippen molar-refractivity contribution in [3.63, 3.8) is 0 Å². The van der Waals surface area contributed by atoms with Gasteiger partial charge in [0.2, 0.25) is 0 Å². The van der Waals surface area contributed by atoms with E-state index in [9.17, 15) is 0 Å². The quantitative estimate of drug-likeness (QED) is 0.548. The average molecular weight is 172 g/mol. The van der Waals surface area contributed by atoms with Crippen LogP contribution in [0.15, 0.2) is 0 Å². The molecule has 0 saturated carbocycles. The van der Waals surface area contributed by atoms with Crippen LogP contribution in [0.5, 0.6) is 0 Å². The number of hydrogen-bond donors (Lipinski definition) is 2. The molecule has 0 atom stereocenters. The summed E-state index contributed by atoms with van der Waals surface area (Å²) in [6.07, 6.45) is 0.00685. The maximum Gasteiger partial charge on any atom is 0.0913 e. The Morgan fingerprint density at radius 2 is 1.58 bits per heavy atom. The number of likely N-dealkylation sites (N-methyl/N-ethyl adjacent to an activating group) is 2. The normalized spacial score (nSPS) is 22.8. The van der Waals surface area contributed by atoms with Crippen molar-refractivity contribution in [2.75, 3.05) is 26.2 Å². The van der Waals surface area contributed by atoms with Crippen molar-refractivity contribution in [2.45, 2.75) is 26.2 Å². The molecule has 1 aliphatic heterocycles. The lowest BCUT2D eigenvalue weighted by atomic mass is 10.3. The summed E-state index contributed by atoms with van der Waals surface area (Å²) in [5, 5.41) is 0. The highest BCUT2D eigenvalue weighted by atomic mass is 15.4. The zero-order valence-corrected chi connectivity index (χ0v) is 8.03. The van der Waals surface area contributed by atoms with Gasteiger partial charge in [-0.1, -0.05) is 13.8 Å². The van der Waals surface area contributed by atoms with Crippen LogP contribution in [0.4, 0.5) is 0 Å². The van der Waals surface area contributed by atoms with Crippen LogP contribution in [-0.2, 0) is 0 Å². The summed E-state index contributed by atoms with van der Waals surface area (Å²) >= 11 is 0. The first-order chi connectivity index (χ1) is 5.70. The lowest BCUT2D eigenvalue weighted by Gasteiger charge is -2.31. The first-order valence-corrected chi connectivity index (χ1v) is 4.70. The smallest absolute Gasteiger partial charge is 0.0913 e. The van der Waals surface area contributed by atoms with E-state index in [0.717, 1.165) is 26.2 Å². The van der Waals surface area contributed by atoms with E-state index in [1.165, 1.54) is 0 Å². The molecule has 4 heteroatoms. The first-order valence-electron chi connectivity index (χ1n) is 4.70. The largest absolute Gasteiger partial charge is 0.314 e. The monoisotopic (exact) mass is 172 g/mol. The van der Waals surface area contributed by atoms with E-state index in [1.807, 2.05) is 0 Å². The molecule has 0 unspecified atom stereocenters. The van der Waals surface area contributed by atoms with Crippen LogP contribution < -0.4 is 11.5 Å². The first kappa shape index (κ1) is 9.92. The van der Waals surface area contributed by atoms with Gasteiger partial charge in [0.1, 0.15) is 0 Å². The predicted octanol–water partition coefficient (Wildman–Crippen LogP) is -0.787. The highest BCUT2D eigenvalue weighted by molar-refractivity contribution is 4.84. The van der Waals surface area contributed by atoms with Crippen LogP contribution in [0, 0.1) is 0 Å². The van der Waals surface area contributed by atoms with Crippen molar-refractivity contribution >= 4 is 0 Å². The van der Waals surface area contributed by atoms with E-state index in [0.29, 0.717) is 0 Å². The zero-order valence-electron chi connectivity index (χ0n) is 8.03. The van der Waals surface area contributed by atoms with Crippen molar-refractivity contribution < 1.29 is 0 Å². The molecule has 1 heterocycles. The summed E-state index contributed by atoms with van der Waals surface area (Å²) in [6, 6.07) is 0. The van der Waals surface area contributed by atoms with Gasteiger partial charge < -0.3 is 11.5 Å². The molecule has 4 N–H and O–H groups in total. The van der Waals surface area contributed by atoms with Crippen LogP contribution in [0.25, 0.3) is 0 Å². The Bertz CT molecular complexity index is 125. The molecule has 0 bridgehead atoms. The minimum Gasteiger partial charge on any atom is -0.314 e. The van der Waals surface area contributed by atoms with Crippen LogP contribution in [-0.4, -0.2) is 48.3 Å². The molecule has 4 nitrogen and oxygen atoms in total. The second-order valence-electron chi connectivity index (χ2n) is 3.25. The van der Waals surface area contributed by atoms with Crippen molar-refractivity contribution in [3.05, 3.63) is 0 Å². The second kappa shape index (κ2) is 4.18. The van der Waals surface area contributed by atoms with Crippen LogP contribution in [0.3, 0.4) is 0 Å². The van der Waals surface area contributed by atoms with Crippen LogP contribution in [0.2, 0.25) is 0 Å². The van der Waals surface area contributed by atoms with Crippen molar-refractivity contribution in [2.24, 2.45) is 11.5 Å². The molecular weight excluding hydrogens is 152 g/mol. The molecular formula is C8H20N4. The van der Waals surface area contributed by atoms with E-state index in [4.69, 9.17) is 11.5 Å². The molecule has 0 aliphatic carbocycles. The maximum atomic E-state index is 5.72. The molecule has 0 spiro atoms. The third-order valence-electron chi connectivity index (χ3n) is 2.58. The fourth-order valence-corrected chi connectivity index (χ4v) is 1.93. The van der Waals surface area contributed by atoms with Crippen LogP contribution in [0.1, 0.15) is 13.8 Å². The Hall–Kier alpha value is -0.160. The highest BCUT2D eigenvalue weighted by Crippen LogP contribution is 2.13. The number of rotatable bonds is 3. The van der Waals surface area contributed by atoms with Gasteiger partial charge in [0.25, 0.3) is 0 Å². The molecule has 0 radical (unpaired) electrons. The molecule has 1 saturated heterocycles. The molecule has 72 valence electrons. The lowest BCUT2D eigenvalue weighted by molar-refractivity contribution is 0.121. The van der Waals surface area contributed by atoms with E-state index >= 15 is 0 Å². The fourth-order valence-electron chi connectivity index (χ4n) is 1.93. The van der Waals surface area contributed by atoms with E-state index in [1.54, 1.807) is 0 Å². The second-order valence-corrected chi connectivity index (χ2v) is 3.25. The van der Waals surface area contributed by atoms with E-state index < -0.39 is 0 Å². The molecule has 1 rings (SSSR count). The Morgan fingerprint density at radius 1 is 1.17 bits per heavy atom. The number of nitrogens with two attached hydrogens (primary N) is 2. The SMILES string of the molecule is CCN1CCN(CC)C1C(N)N. The summed E-state index contributed by atoms with van der Waals surface area (Å²) in [4.78, 5) is 4.66. The van der Waals surface area contributed by atoms with Gasteiger partial charge in [0, 0.05) is 13.1 Å². The molecule has 0 aromatic carbocycles. The minimum atomic E-state index is -0.243. The maximum absolute atomic E-state index is 5.72. The van der Waals surface area contributed by atoms with Gasteiger partial charge >= 0.3 is 0 Å². The zero-order chi connectivity index (χ0) is 9.14. The van der Waals surface area contributed by atoms with Crippen molar-refractivity contribution in [1.29, 1.82) is 0 Å².